The van der Waals surface area contributed by atoms with Gasteiger partial charge in [-0.1, -0.05) is 50.5 Å². The van der Waals surface area contributed by atoms with Gasteiger partial charge in [0.25, 0.3) is 17.5 Å². The summed E-state index contributed by atoms with van der Waals surface area (Å²) in [6.07, 6.45) is 3.10. The minimum absolute atomic E-state index is 0.0211. The first-order valence-electron chi connectivity index (χ1n) is 11.0. The van der Waals surface area contributed by atoms with Crippen molar-refractivity contribution < 1.29 is 34.0 Å². The summed E-state index contributed by atoms with van der Waals surface area (Å²) in [4.78, 5) is 27.6. The molecule has 7 nitrogen and oxygen atoms in total. The van der Waals surface area contributed by atoms with Gasteiger partial charge in [0.15, 0.2) is 0 Å². The summed E-state index contributed by atoms with van der Waals surface area (Å²) in [6.45, 7) is 2.05. The number of halogens is 1. The minimum atomic E-state index is -2.82. The number of aliphatic hydroxyl groups is 3. The van der Waals surface area contributed by atoms with E-state index >= 15 is 0 Å². The lowest BCUT2D eigenvalue weighted by molar-refractivity contribution is -0.312. The van der Waals surface area contributed by atoms with Crippen molar-refractivity contribution in [2.75, 3.05) is 6.54 Å². The van der Waals surface area contributed by atoms with Crippen LogP contribution in [-0.2, 0) is 25.9 Å². The van der Waals surface area contributed by atoms with Crippen molar-refractivity contribution in [3.8, 4) is 0 Å². The van der Waals surface area contributed by atoms with Crippen LogP contribution >= 0.6 is 0 Å². The van der Waals surface area contributed by atoms with E-state index < -0.39 is 34.6 Å². The Labute approximate surface area is 189 Å². The molecule has 0 unspecified atom stereocenters. The molecule has 5 rings (SSSR count). The van der Waals surface area contributed by atoms with Gasteiger partial charge in [0.1, 0.15) is 11.6 Å². The Hall–Kier alpha value is -3.07. The van der Waals surface area contributed by atoms with E-state index in [-0.39, 0.29) is 34.6 Å². The number of ketones is 1. The van der Waals surface area contributed by atoms with Gasteiger partial charge in [0.05, 0.1) is 5.57 Å². The number of unbranched alkanes of at least 4 members (excludes halogenated alkanes) is 3. The highest BCUT2D eigenvalue weighted by atomic mass is 19.1. The number of fused-ring (bicyclic) bond motifs is 2. The van der Waals surface area contributed by atoms with Gasteiger partial charge in [-0.05, 0) is 30.7 Å². The van der Waals surface area contributed by atoms with E-state index in [0.29, 0.717) is 6.42 Å². The van der Waals surface area contributed by atoms with Crippen molar-refractivity contribution in [3.63, 3.8) is 0 Å². The Kier molecular flexibility index (Phi) is 4.76. The van der Waals surface area contributed by atoms with Crippen molar-refractivity contribution in [1.82, 2.24) is 4.90 Å². The number of rotatable bonds is 6. The summed E-state index contributed by atoms with van der Waals surface area (Å²) < 4.78 is 19.5. The fourth-order valence-corrected chi connectivity index (χ4v) is 5.47. The van der Waals surface area contributed by atoms with Crippen molar-refractivity contribution in [2.24, 2.45) is 0 Å². The normalized spacial score (nSPS) is 27.0. The highest BCUT2D eigenvalue weighted by Gasteiger charge is 2.84. The van der Waals surface area contributed by atoms with Crippen LogP contribution in [0.4, 0.5) is 4.39 Å². The summed E-state index contributed by atoms with van der Waals surface area (Å²) in [6, 6.07) is 11.0. The smallest absolute Gasteiger partial charge is 0.296 e. The second-order valence-electron chi connectivity index (χ2n) is 8.73. The molecule has 33 heavy (non-hydrogen) atoms. The van der Waals surface area contributed by atoms with Gasteiger partial charge in [-0.15, -0.1) is 0 Å². The predicted octanol–water partition coefficient (Wildman–Crippen LogP) is 2.29. The van der Waals surface area contributed by atoms with Crippen molar-refractivity contribution in [2.45, 2.75) is 49.7 Å². The molecule has 2 aliphatic heterocycles. The quantitative estimate of drug-likeness (QED) is 0.352. The van der Waals surface area contributed by atoms with E-state index in [9.17, 15) is 29.3 Å². The molecule has 2 aromatic rings. The average molecular weight is 453 g/mol. The number of hydrogen-bond acceptors (Lipinski definition) is 6. The largest absolute Gasteiger partial charge is 0.454 e. The molecule has 3 N–H and O–H groups in total. The summed E-state index contributed by atoms with van der Waals surface area (Å²) in [7, 11) is 0. The molecule has 0 radical (unpaired) electrons. The molecule has 2 aromatic carbocycles. The van der Waals surface area contributed by atoms with Crippen LogP contribution in [0.25, 0.3) is 5.76 Å². The van der Waals surface area contributed by atoms with Crippen LogP contribution in [-0.4, -0.2) is 44.0 Å². The third-order valence-corrected chi connectivity index (χ3v) is 6.91. The van der Waals surface area contributed by atoms with E-state index in [0.717, 1.165) is 36.3 Å². The summed E-state index contributed by atoms with van der Waals surface area (Å²) in [5.74, 6) is -7.87. The number of amides is 1. The second-order valence-corrected chi connectivity index (χ2v) is 8.73. The van der Waals surface area contributed by atoms with Crippen LogP contribution in [0.15, 0.2) is 54.1 Å². The number of benzene rings is 2. The lowest BCUT2D eigenvalue weighted by Crippen LogP contribution is -2.66. The van der Waals surface area contributed by atoms with E-state index in [2.05, 4.69) is 0 Å². The Morgan fingerprint density at radius 3 is 2.27 bits per heavy atom. The van der Waals surface area contributed by atoms with Crippen LogP contribution in [0.5, 0.6) is 0 Å². The van der Waals surface area contributed by atoms with Gasteiger partial charge in [-0.25, -0.2) is 4.39 Å². The number of ether oxygens (including phenoxy) is 1. The summed E-state index contributed by atoms with van der Waals surface area (Å²) in [5.41, 5.74) is -2.41. The van der Waals surface area contributed by atoms with E-state index in [4.69, 9.17) is 4.74 Å². The SMILES string of the molecule is CCCCCCN1C(=O)C(=O)C2=C(c3ccc(F)cc3)O[C@@]3(O)c4ccccc4C(O)(O)[C@]213. The minimum Gasteiger partial charge on any atom is -0.454 e. The molecule has 8 heteroatoms. The van der Waals surface area contributed by atoms with Gasteiger partial charge in [0, 0.05) is 23.2 Å². The molecule has 1 fully saturated rings. The Morgan fingerprint density at radius 1 is 0.939 bits per heavy atom. The molecular weight excluding hydrogens is 429 g/mol. The van der Waals surface area contributed by atoms with Crippen LogP contribution < -0.4 is 0 Å². The Bertz CT molecular complexity index is 1190. The van der Waals surface area contributed by atoms with Crippen molar-refractivity contribution >= 4 is 17.4 Å². The molecule has 1 spiro atoms. The first-order chi connectivity index (χ1) is 15.7. The molecular formula is C25H24FNO6. The first kappa shape index (κ1) is 21.8. The maximum absolute atomic E-state index is 13.6. The van der Waals surface area contributed by atoms with E-state index in [1.54, 1.807) is 12.1 Å². The molecule has 1 aliphatic carbocycles. The number of carbonyl (C=O) groups is 2. The van der Waals surface area contributed by atoms with Gasteiger partial charge < -0.3 is 25.0 Å². The molecule has 2 heterocycles. The molecule has 0 bridgehead atoms. The molecule has 2 atom stereocenters. The van der Waals surface area contributed by atoms with Crippen molar-refractivity contribution in [1.29, 1.82) is 0 Å². The van der Waals surface area contributed by atoms with E-state index in [1.807, 2.05) is 6.92 Å². The lowest BCUT2D eigenvalue weighted by atomic mass is 9.78. The second kappa shape index (κ2) is 7.21. The number of Topliss-reactive ketones (excluding diaryl/α,β-unsaturated/α-hetero) is 1. The number of nitrogens with zero attached hydrogens (tertiary/aromatic N) is 1. The van der Waals surface area contributed by atoms with Gasteiger partial charge >= 0.3 is 0 Å². The zero-order chi connectivity index (χ0) is 23.6. The zero-order valence-electron chi connectivity index (χ0n) is 18.0. The Balaban J connectivity index is 1.77. The average Bonchev–Trinajstić information content (AvgIpc) is 3.27. The molecule has 1 saturated heterocycles. The standard InChI is InChI=1S/C25H24FNO6/c1-2-3-4-7-14-27-22(29)20(28)19-21(15-10-12-16(26)13-11-15)33-25(32)18-9-6-5-8-17(18)24(30,31)23(19,25)27/h5-6,8-13,30-32H,2-4,7,14H2,1H3/t23-,25-/m0/s1. The summed E-state index contributed by atoms with van der Waals surface area (Å²) >= 11 is 0. The summed E-state index contributed by atoms with van der Waals surface area (Å²) in [5, 5.41) is 35.0. The third kappa shape index (κ3) is 2.54. The first-order valence-corrected chi connectivity index (χ1v) is 11.0. The Morgan fingerprint density at radius 2 is 1.61 bits per heavy atom. The molecule has 0 aromatic heterocycles. The fourth-order valence-electron chi connectivity index (χ4n) is 5.47. The molecule has 0 saturated carbocycles. The highest BCUT2D eigenvalue weighted by Crippen LogP contribution is 2.67. The van der Waals surface area contributed by atoms with Crippen LogP contribution in [0.2, 0.25) is 0 Å². The zero-order valence-corrected chi connectivity index (χ0v) is 18.0. The van der Waals surface area contributed by atoms with Gasteiger partial charge in [0.2, 0.25) is 11.3 Å². The topological polar surface area (TPSA) is 107 Å². The molecule has 172 valence electrons. The number of hydrogen-bond donors (Lipinski definition) is 3. The van der Waals surface area contributed by atoms with Gasteiger partial charge in [-0.2, -0.15) is 0 Å². The predicted molar refractivity (Wildman–Crippen MR) is 114 cm³/mol. The van der Waals surface area contributed by atoms with Gasteiger partial charge in [-0.3, -0.25) is 9.59 Å². The van der Waals surface area contributed by atoms with Crippen LogP contribution in [0, 0.1) is 5.82 Å². The third-order valence-electron chi connectivity index (χ3n) is 6.91. The number of carbonyl (C=O) groups excluding carboxylic acids is 2. The van der Waals surface area contributed by atoms with Crippen molar-refractivity contribution in [3.05, 3.63) is 76.6 Å². The monoisotopic (exact) mass is 453 g/mol. The number of likely N-dealkylation sites (tertiary alicyclic amines) is 1. The molecule has 1 amide bonds. The molecule has 3 aliphatic rings. The maximum atomic E-state index is 13.6. The van der Waals surface area contributed by atoms with E-state index in [1.165, 1.54) is 24.3 Å². The lowest BCUT2D eigenvalue weighted by Gasteiger charge is -2.45. The maximum Gasteiger partial charge on any atom is 0.296 e. The highest BCUT2D eigenvalue weighted by molar-refractivity contribution is 6.48. The fraction of sp³-hybridized carbons (Fsp3) is 0.360. The van der Waals surface area contributed by atoms with Crippen LogP contribution in [0.1, 0.15) is 49.3 Å². The van der Waals surface area contributed by atoms with Crippen LogP contribution in [0.3, 0.4) is 0 Å².